The summed E-state index contributed by atoms with van der Waals surface area (Å²) in [6.07, 6.45) is 0. The number of rotatable bonds is 8. The Balaban J connectivity index is 1.62. The van der Waals surface area contributed by atoms with Crippen LogP contribution in [0.1, 0.15) is 29.2 Å². The summed E-state index contributed by atoms with van der Waals surface area (Å²) in [4.78, 5) is 18.1. The van der Waals surface area contributed by atoms with Crippen LogP contribution >= 0.6 is 11.6 Å². The Labute approximate surface area is 230 Å². The van der Waals surface area contributed by atoms with Gasteiger partial charge >= 0.3 is 5.97 Å². The standard InChI is InChI=1S/C33H33ClN2O2/c1-2-38-32(37)31-25-36(23-22-35(31)24-26-14-12-13-21-30(26)34)33(27-15-6-3-7-16-27,28-17-8-4-9-18-28)29-19-10-5-11-20-29/h3-21,31H,2,22-25H2,1H3. The second-order valence-electron chi connectivity index (χ2n) is 9.58. The van der Waals surface area contributed by atoms with Crippen molar-refractivity contribution in [3.63, 3.8) is 0 Å². The van der Waals surface area contributed by atoms with E-state index < -0.39 is 11.6 Å². The minimum atomic E-state index is -0.578. The van der Waals surface area contributed by atoms with E-state index in [9.17, 15) is 4.79 Å². The normalized spacial score (nSPS) is 16.7. The summed E-state index contributed by atoms with van der Waals surface area (Å²) in [5.41, 5.74) is 3.93. The van der Waals surface area contributed by atoms with Crippen LogP contribution in [0.5, 0.6) is 0 Å². The molecule has 1 aliphatic heterocycles. The van der Waals surface area contributed by atoms with Crippen molar-refractivity contribution in [2.45, 2.75) is 25.0 Å². The first kappa shape index (κ1) is 26.2. The number of halogens is 1. The van der Waals surface area contributed by atoms with Crippen molar-refractivity contribution in [2.75, 3.05) is 26.2 Å². The Morgan fingerprint density at radius 1 is 0.789 bits per heavy atom. The molecule has 4 aromatic carbocycles. The third-order valence-corrected chi connectivity index (χ3v) is 7.80. The van der Waals surface area contributed by atoms with E-state index in [1.807, 2.05) is 49.4 Å². The van der Waals surface area contributed by atoms with Gasteiger partial charge in [0.15, 0.2) is 0 Å². The van der Waals surface area contributed by atoms with Gasteiger partial charge in [0, 0.05) is 31.2 Å². The van der Waals surface area contributed by atoms with Crippen LogP contribution in [0, 0.1) is 0 Å². The summed E-state index contributed by atoms with van der Waals surface area (Å²) < 4.78 is 5.62. The minimum absolute atomic E-state index is 0.202. The fourth-order valence-corrected chi connectivity index (χ4v) is 5.90. The van der Waals surface area contributed by atoms with Crippen molar-refractivity contribution < 1.29 is 9.53 Å². The first-order chi connectivity index (χ1) is 18.6. The van der Waals surface area contributed by atoms with E-state index in [1.165, 1.54) is 16.7 Å². The van der Waals surface area contributed by atoms with Gasteiger partial charge in [0.2, 0.25) is 0 Å². The maximum Gasteiger partial charge on any atom is 0.324 e. The van der Waals surface area contributed by atoms with Crippen molar-refractivity contribution >= 4 is 17.6 Å². The van der Waals surface area contributed by atoms with E-state index >= 15 is 0 Å². The lowest BCUT2D eigenvalue weighted by Crippen LogP contribution is -2.62. The molecule has 0 amide bonds. The highest BCUT2D eigenvalue weighted by atomic mass is 35.5. The Bertz CT molecular complexity index is 1230. The van der Waals surface area contributed by atoms with Gasteiger partial charge < -0.3 is 4.74 Å². The molecular formula is C33H33ClN2O2. The molecule has 1 heterocycles. The van der Waals surface area contributed by atoms with E-state index in [4.69, 9.17) is 16.3 Å². The largest absolute Gasteiger partial charge is 0.465 e. The first-order valence-electron chi connectivity index (χ1n) is 13.2. The number of esters is 1. The van der Waals surface area contributed by atoms with Crippen molar-refractivity contribution in [2.24, 2.45) is 0 Å². The summed E-state index contributed by atoms with van der Waals surface area (Å²) in [6, 6.07) is 39.2. The fourth-order valence-electron chi connectivity index (χ4n) is 5.71. The van der Waals surface area contributed by atoms with Crippen LogP contribution in [-0.4, -0.2) is 48.1 Å². The van der Waals surface area contributed by atoms with E-state index in [1.54, 1.807) is 0 Å². The second-order valence-corrected chi connectivity index (χ2v) is 9.99. The van der Waals surface area contributed by atoms with Gasteiger partial charge in [-0.1, -0.05) is 121 Å². The molecular weight excluding hydrogens is 492 g/mol. The van der Waals surface area contributed by atoms with Crippen LogP contribution < -0.4 is 0 Å². The van der Waals surface area contributed by atoms with E-state index in [-0.39, 0.29) is 5.97 Å². The molecule has 1 aliphatic rings. The average Bonchev–Trinajstić information content (AvgIpc) is 2.97. The SMILES string of the molecule is CCOC(=O)C1CN(C(c2ccccc2)(c2ccccc2)c2ccccc2)CCN1Cc1ccccc1Cl. The van der Waals surface area contributed by atoms with Gasteiger partial charge in [-0.05, 0) is 35.2 Å². The molecule has 4 aromatic rings. The predicted octanol–water partition coefficient (Wildman–Crippen LogP) is 6.38. The molecule has 194 valence electrons. The molecule has 1 unspecified atom stereocenters. The summed E-state index contributed by atoms with van der Waals surface area (Å²) in [5.74, 6) is -0.202. The molecule has 1 atom stereocenters. The Morgan fingerprint density at radius 3 is 1.79 bits per heavy atom. The number of carbonyl (C=O) groups excluding carboxylic acids is 1. The lowest BCUT2D eigenvalue weighted by molar-refractivity contribution is -0.153. The Morgan fingerprint density at radius 2 is 1.29 bits per heavy atom. The lowest BCUT2D eigenvalue weighted by atomic mass is 9.75. The van der Waals surface area contributed by atoms with Crippen LogP contribution in [-0.2, 0) is 21.6 Å². The molecule has 0 spiro atoms. The zero-order valence-corrected chi connectivity index (χ0v) is 22.4. The first-order valence-corrected chi connectivity index (χ1v) is 13.6. The van der Waals surface area contributed by atoms with Crippen molar-refractivity contribution in [1.29, 1.82) is 0 Å². The van der Waals surface area contributed by atoms with Gasteiger partial charge in [-0.15, -0.1) is 0 Å². The zero-order valence-electron chi connectivity index (χ0n) is 21.7. The number of ether oxygens (including phenoxy) is 1. The predicted molar refractivity (Wildman–Crippen MR) is 153 cm³/mol. The number of benzene rings is 4. The molecule has 5 rings (SSSR count). The van der Waals surface area contributed by atoms with E-state index in [0.29, 0.717) is 31.3 Å². The summed E-state index contributed by atoms with van der Waals surface area (Å²) >= 11 is 6.52. The maximum atomic E-state index is 13.4. The topological polar surface area (TPSA) is 32.8 Å². The average molecular weight is 525 g/mol. The number of hydrogen-bond acceptors (Lipinski definition) is 4. The number of hydrogen-bond donors (Lipinski definition) is 0. The molecule has 4 nitrogen and oxygen atoms in total. The summed E-state index contributed by atoms with van der Waals surface area (Å²) in [6.45, 7) is 4.77. The fraction of sp³-hybridized carbons (Fsp3) is 0.242. The van der Waals surface area contributed by atoms with Gasteiger partial charge in [0.1, 0.15) is 6.04 Å². The quantitative estimate of drug-likeness (QED) is 0.198. The van der Waals surface area contributed by atoms with Gasteiger partial charge in [0.25, 0.3) is 0 Å². The van der Waals surface area contributed by atoms with Gasteiger partial charge in [-0.2, -0.15) is 0 Å². The lowest BCUT2D eigenvalue weighted by Gasteiger charge is -2.51. The third-order valence-electron chi connectivity index (χ3n) is 7.43. The maximum absolute atomic E-state index is 13.4. The number of nitrogens with zero attached hydrogens (tertiary/aromatic N) is 2. The molecule has 0 aromatic heterocycles. The van der Waals surface area contributed by atoms with Crippen molar-refractivity contribution in [3.05, 3.63) is 143 Å². The van der Waals surface area contributed by atoms with Crippen LogP contribution in [0.15, 0.2) is 115 Å². The Kier molecular flexibility index (Phi) is 8.23. The summed E-state index contributed by atoms with van der Waals surface area (Å²) in [7, 11) is 0. The molecule has 0 N–H and O–H groups in total. The smallest absolute Gasteiger partial charge is 0.324 e. The number of carbonyl (C=O) groups is 1. The molecule has 1 saturated heterocycles. The molecule has 1 fully saturated rings. The molecule has 0 bridgehead atoms. The third kappa shape index (κ3) is 5.12. The van der Waals surface area contributed by atoms with E-state index in [2.05, 4.69) is 82.6 Å². The van der Waals surface area contributed by atoms with Crippen LogP contribution in [0.3, 0.4) is 0 Å². The number of piperazine rings is 1. The van der Waals surface area contributed by atoms with Crippen molar-refractivity contribution in [1.82, 2.24) is 9.80 Å². The van der Waals surface area contributed by atoms with Gasteiger partial charge in [0.05, 0.1) is 12.1 Å². The Hall–Kier alpha value is -3.44. The highest BCUT2D eigenvalue weighted by Gasteiger charge is 2.46. The van der Waals surface area contributed by atoms with Crippen LogP contribution in [0.2, 0.25) is 5.02 Å². The summed E-state index contributed by atoms with van der Waals surface area (Å²) in [5, 5.41) is 0.713. The van der Waals surface area contributed by atoms with Gasteiger partial charge in [-0.3, -0.25) is 14.6 Å². The molecule has 0 saturated carbocycles. The highest BCUT2D eigenvalue weighted by Crippen LogP contribution is 2.43. The molecule has 5 heteroatoms. The second kappa shape index (κ2) is 12.0. The molecule has 0 radical (unpaired) electrons. The van der Waals surface area contributed by atoms with Gasteiger partial charge in [-0.25, -0.2) is 0 Å². The van der Waals surface area contributed by atoms with Crippen molar-refractivity contribution in [3.8, 4) is 0 Å². The molecule has 0 aliphatic carbocycles. The molecule has 38 heavy (non-hydrogen) atoms. The van der Waals surface area contributed by atoms with Crippen LogP contribution in [0.4, 0.5) is 0 Å². The zero-order chi connectivity index (χ0) is 26.4. The van der Waals surface area contributed by atoms with E-state index in [0.717, 1.165) is 12.1 Å². The monoisotopic (exact) mass is 524 g/mol. The highest BCUT2D eigenvalue weighted by molar-refractivity contribution is 6.31. The minimum Gasteiger partial charge on any atom is -0.465 e. The van der Waals surface area contributed by atoms with Crippen LogP contribution in [0.25, 0.3) is 0 Å².